The van der Waals surface area contributed by atoms with Gasteiger partial charge in [-0.2, -0.15) is 0 Å². The van der Waals surface area contributed by atoms with Gasteiger partial charge in [0.15, 0.2) is 0 Å². The standard InChI is InChI=1S/C13H21NO/c1-11(10-14(3)4)13(2,15)12-8-6-5-7-9-12/h5-9,11,15H,10H2,1-4H3. The number of rotatable bonds is 4. The van der Waals surface area contributed by atoms with Crippen molar-refractivity contribution < 1.29 is 5.11 Å². The van der Waals surface area contributed by atoms with Crippen molar-refractivity contribution >= 4 is 0 Å². The zero-order valence-electron chi connectivity index (χ0n) is 10.1. The molecule has 2 heteroatoms. The number of hydrogen-bond acceptors (Lipinski definition) is 2. The summed E-state index contributed by atoms with van der Waals surface area (Å²) in [6, 6.07) is 9.85. The molecular weight excluding hydrogens is 186 g/mol. The quantitative estimate of drug-likeness (QED) is 0.817. The zero-order chi connectivity index (χ0) is 11.5. The molecule has 0 fully saturated rings. The van der Waals surface area contributed by atoms with E-state index >= 15 is 0 Å². The van der Waals surface area contributed by atoms with E-state index in [2.05, 4.69) is 11.8 Å². The maximum atomic E-state index is 10.5. The molecule has 1 N–H and O–H groups in total. The van der Waals surface area contributed by atoms with Crippen LogP contribution in [0.5, 0.6) is 0 Å². The summed E-state index contributed by atoms with van der Waals surface area (Å²) in [5.41, 5.74) is 0.227. The van der Waals surface area contributed by atoms with Crippen LogP contribution in [0.2, 0.25) is 0 Å². The van der Waals surface area contributed by atoms with Gasteiger partial charge in [-0.15, -0.1) is 0 Å². The molecule has 0 aromatic heterocycles. The van der Waals surface area contributed by atoms with Crippen LogP contribution in [0.1, 0.15) is 19.4 Å². The Kier molecular flexibility index (Phi) is 3.89. The molecule has 0 bridgehead atoms. The molecule has 0 heterocycles. The lowest BCUT2D eigenvalue weighted by Crippen LogP contribution is -2.36. The first-order valence-electron chi connectivity index (χ1n) is 5.37. The number of benzene rings is 1. The van der Waals surface area contributed by atoms with Crippen molar-refractivity contribution in [1.82, 2.24) is 4.90 Å². The topological polar surface area (TPSA) is 23.5 Å². The van der Waals surface area contributed by atoms with Crippen LogP contribution in [-0.4, -0.2) is 30.6 Å². The Labute approximate surface area is 92.5 Å². The minimum absolute atomic E-state index is 0.204. The SMILES string of the molecule is CC(CN(C)C)C(C)(O)c1ccccc1. The van der Waals surface area contributed by atoms with E-state index in [4.69, 9.17) is 0 Å². The summed E-state index contributed by atoms with van der Waals surface area (Å²) < 4.78 is 0. The maximum absolute atomic E-state index is 10.5. The van der Waals surface area contributed by atoms with Gasteiger partial charge < -0.3 is 10.0 Å². The summed E-state index contributed by atoms with van der Waals surface area (Å²) >= 11 is 0. The second kappa shape index (κ2) is 4.77. The van der Waals surface area contributed by atoms with Crippen LogP contribution < -0.4 is 0 Å². The second-order valence-electron chi connectivity index (χ2n) is 4.68. The van der Waals surface area contributed by atoms with E-state index in [1.807, 2.05) is 51.4 Å². The molecule has 1 aromatic carbocycles. The van der Waals surface area contributed by atoms with Gasteiger partial charge in [-0.25, -0.2) is 0 Å². The van der Waals surface area contributed by atoms with Crippen LogP contribution in [0.25, 0.3) is 0 Å². The van der Waals surface area contributed by atoms with Gasteiger partial charge in [-0.05, 0) is 26.6 Å². The molecule has 0 spiro atoms. The van der Waals surface area contributed by atoms with E-state index in [0.29, 0.717) is 0 Å². The van der Waals surface area contributed by atoms with E-state index < -0.39 is 5.60 Å². The van der Waals surface area contributed by atoms with Gasteiger partial charge in [0.05, 0.1) is 5.60 Å². The van der Waals surface area contributed by atoms with Gasteiger partial charge in [0.2, 0.25) is 0 Å². The molecule has 0 radical (unpaired) electrons. The summed E-state index contributed by atoms with van der Waals surface area (Å²) in [4.78, 5) is 2.10. The third-order valence-electron chi connectivity index (χ3n) is 2.96. The molecule has 0 aliphatic carbocycles. The minimum Gasteiger partial charge on any atom is -0.385 e. The molecule has 0 aliphatic rings. The summed E-state index contributed by atoms with van der Waals surface area (Å²) in [5.74, 6) is 0.204. The van der Waals surface area contributed by atoms with Crippen LogP contribution in [0.4, 0.5) is 0 Å². The van der Waals surface area contributed by atoms with E-state index in [1.165, 1.54) is 0 Å². The predicted octanol–water partition coefficient (Wildman–Crippen LogP) is 2.09. The Balaban J connectivity index is 2.82. The average molecular weight is 207 g/mol. The predicted molar refractivity (Wildman–Crippen MR) is 63.7 cm³/mol. The smallest absolute Gasteiger partial charge is 0.0906 e. The van der Waals surface area contributed by atoms with E-state index in [9.17, 15) is 5.11 Å². The number of nitrogens with zero attached hydrogens (tertiary/aromatic N) is 1. The summed E-state index contributed by atoms with van der Waals surface area (Å²) in [6.45, 7) is 4.84. The van der Waals surface area contributed by atoms with E-state index in [1.54, 1.807) is 0 Å². The zero-order valence-corrected chi connectivity index (χ0v) is 10.1. The first-order valence-corrected chi connectivity index (χ1v) is 5.37. The van der Waals surface area contributed by atoms with Gasteiger partial charge in [0.25, 0.3) is 0 Å². The fourth-order valence-electron chi connectivity index (χ4n) is 1.79. The van der Waals surface area contributed by atoms with Crippen LogP contribution >= 0.6 is 0 Å². The average Bonchev–Trinajstić information content (AvgIpc) is 2.18. The number of hydrogen-bond donors (Lipinski definition) is 1. The Morgan fingerprint density at radius 3 is 2.27 bits per heavy atom. The normalized spacial score (nSPS) is 17.5. The first kappa shape index (κ1) is 12.2. The monoisotopic (exact) mass is 207 g/mol. The van der Waals surface area contributed by atoms with E-state index in [0.717, 1.165) is 12.1 Å². The second-order valence-corrected chi connectivity index (χ2v) is 4.68. The fraction of sp³-hybridized carbons (Fsp3) is 0.538. The summed E-state index contributed by atoms with van der Waals surface area (Å²) in [6.07, 6.45) is 0. The van der Waals surface area contributed by atoms with Crippen LogP contribution in [0.15, 0.2) is 30.3 Å². The van der Waals surface area contributed by atoms with Crippen molar-refractivity contribution in [2.24, 2.45) is 5.92 Å². The fourth-order valence-corrected chi connectivity index (χ4v) is 1.79. The van der Waals surface area contributed by atoms with Gasteiger partial charge >= 0.3 is 0 Å². The third kappa shape index (κ3) is 3.05. The van der Waals surface area contributed by atoms with Crippen molar-refractivity contribution in [2.45, 2.75) is 19.4 Å². The Morgan fingerprint density at radius 2 is 1.80 bits per heavy atom. The number of aliphatic hydroxyl groups is 1. The third-order valence-corrected chi connectivity index (χ3v) is 2.96. The molecule has 2 atom stereocenters. The molecule has 0 amide bonds. The Hall–Kier alpha value is -0.860. The van der Waals surface area contributed by atoms with Gasteiger partial charge in [0, 0.05) is 12.5 Å². The molecule has 84 valence electrons. The van der Waals surface area contributed by atoms with Gasteiger partial charge in [0.1, 0.15) is 0 Å². The van der Waals surface area contributed by atoms with Gasteiger partial charge in [-0.3, -0.25) is 0 Å². The van der Waals surface area contributed by atoms with E-state index in [-0.39, 0.29) is 5.92 Å². The van der Waals surface area contributed by atoms with Crippen molar-refractivity contribution in [3.63, 3.8) is 0 Å². The highest BCUT2D eigenvalue weighted by molar-refractivity contribution is 5.22. The maximum Gasteiger partial charge on any atom is 0.0906 e. The largest absolute Gasteiger partial charge is 0.385 e. The van der Waals surface area contributed by atoms with Crippen molar-refractivity contribution in [2.75, 3.05) is 20.6 Å². The highest BCUT2D eigenvalue weighted by Gasteiger charge is 2.30. The first-order chi connectivity index (χ1) is 6.94. The summed E-state index contributed by atoms with van der Waals surface area (Å²) in [5, 5.41) is 10.5. The van der Waals surface area contributed by atoms with Gasteiger partial charge in [-0.1, -0.05) is 37.3 Å². The molecular formula is C13H21NO. The lowest BCUT2D eigenvalue weighted by Gasteiger charge is -2.32. The molecule has 15 heavy (non-hydrogen) atoms. The Bertz CT molecular complexity index is 293. The van der Waals surface area contributed by atoms with Crippen molar-refractivity contribution in [1.29, 1.82) is 0 Å². The van der Waals surface area contributed by atoms with Crippen LogP contribution in [0, 0.1) is 5.92 Å². The highest BCUT2D eigenvalue weighted by Crippen LogP contribution is 2.29. The molecule has 2 nitrogen and oxygen atoms in total. The highest BCUT2D eigenvalue weighted by atomic mass is 16.3. The molecule has 1 aromatic rings. The molecule has 1 rings (SSSR count). The molecule has 0 aliphatic heterocycles. The minimum atomic E-state index is -0.758. The molecule has 2 unspecified atom stereocenters. The van der Waals surface area contributed by atoms with Crippen molar-refractivity contribution in [3.05, 3.63) is 35.9 Å². The molecule has 0 saturated carbocycles. The lowest BCUT2D eigenvalue weighted by atomic mass is 9.84. The van der Waals surface area contributed by atoms with Crippen LogP contribution in [-0.2, 0) is 5.60 Å². The van der Waals surface area contributed by atoms with Crippen molar-refractivity contribution in [3.8, 4) is 0 Å². The molecule has 0 saturated heterocycles. The Morgan fingerprint density at radius 1 is 1.27 bits per heavy atom. The lowest BCUT2D eigenvalue weighted by molar-refractivity contribution is -0.00777. The summed E-state index contributed by atoms with van der Waals surface area (Å²) in [7, 11) is 4.05. The van der Waals surface area contributed by atoms with Crippen LogP contribution in [0.3, 0.4) is 0 Å².